The number of hydrogen-bond donors (Lipinski definition) is 2. The molecule has 0 bridgehead atoms. The molecule has 0 fully saturated rings. The Morgan fingerprint density at radius 3 is 2.90 bits per heavy atom. The Labute approximate surface area is 114 Å². The van der Waals surface area contributed by atoms with Gasteiger partial charge in [-0.25, -0.2) is 19.3 Å². The summed E-state index contributed by atoms with van der Waals surface area (Å²) in [6.45, 7) is 0.806. The highest BCUT2D eigenvalue weighted by Gasteiger charge is 2.04. The molecular weight excluding hydrogens is 258 g/mol. The molecule has 0 unspecified atom stereocenters. The second-order valence-electron chi connectivity index (χ2n) is 4.26. The molecule has 3 rings (SSSR count). The summed E-state index contributed by atoms with van der Waals surface area (Å²) < 4.78 is 6.94. The van der Waals surface area contributed by atoms with Gasteiger partial charge in [-0.2, -0.15) is 5.10 Å². The first-order chi connectivity index (χ1) is 9.76. The summed E-state index contributed by atoms with van der Waals surface area (Å²) in [4.78, 5) is 15.4. The van der Waals surface area contributed by atoms with Gasteiger partial charge in [0.25, 0.3) is 0 Å². The molecule has 2 N–H and O–H groups in total. The number of ether oxygens (including phenoxy) is 1. The predicted octanol–water partition coefficient (Wildman–Crippen LogP) is 0.929. The first kappa shape index (κ1) is 12.4. The molecule has 0 saturated heterocycles. The number of benzene rings is 1. The van der Waals surface area contributed by atoms with Crippen LogP contribution in [0.15, 0.2) is 41.5 Å². The van der Waals surface area contributed by atoms with Crippen LogP contribution < -0.4 is 15.7 Å². The van der Waals surface area contributed by atoms with Crippen molar-refractivity contribution in [3.63, 3.8) is 0 Å². The van der Waals surface area contributed by atoms with E-state index < -0.39 is 0 Å². The van der Waals surface area contributed by atoms with Crippen molar-refractivity contribution in [2.45, 2.75) is 6.54 Å². The van der Waals surface area contributed by atoms with E-state index >= 15 is 0 Å². The highest BCUT2D eigenvalue weighted by Crippen LogP contribution is 2.19. The summed E-state index contributed by atoms with van der Waals surface area (Å²) in [7, 11) is 1.90. The lowest BCUT2D eigenvalue weighted by Gasteiger charge is -2.05. The lowest BCUT2D eigenvalue weighted by molar-refractivity contribution is 0.461. The van der Waals surface area contributed by atoms with Gasteiger partial charge in [0.1, 0.15) is 12.1 Å². The molecule has 0 aliphatic rings. The molecule has 0 aliphatic heterocycles. The fraction of sp³-hybridized carbons (Fsp3) is 0.154. The molecule has 3 aromatic rings. The average molecular weight is 271 g/mol. The van der Waals surface area contributed by atoms with Gasteiger partial charge in [-0.05, 0) is 24.7 Å². The van der Waals surface area contributed by atoms with E-state index in [1.807, 2.05) is 31.3 Å². The third-order valence-corrected chi connectivity index (χ3v) is 2.81. The molecule has 0 amide bonds. The zero-order valence-corrected chi connectivity index (χ0v) is 10.8. The molecule has 0 radical (unpaired) electrons. The Morgan fingerprint density at radius 2 is 2.15 bits per heavy atom. The highest BCUT2D eigenvalue weighted by molar-refractivity contribution is 5.40. The summed E-state index contributed by atoms with van der Waals surface area (Å²) in [6, 6.07) is 9.29. The van der Waals surface area contributed by atoms with Gasteiger partial charge in [-0.1, -0.05) is 12.1 Å². The maximum Gasteiger partial charge on any atom is 0.348 e. The van der Waals surface area contributed by atoms with Crippen molar-refractivity contribution in [1.82, 2.24) is 24.9 Å². The van der Waals surface area contributed by atoms with Gasteiger partial charge < -0.3 is 10.1 Å². The van der Waals surface area contributed by atoms with Crippen molar-refractivity contribution in [2.75, 3.05) is 7.05 Å². The van der Waals surface area contributed by atoms with Crippen LogP contribution in [0.2, 0.25) is 0 Å². The number of nitrogens with one attached hydrogen (secondary N) is 2. The van der Waals surface area contributed by atoms with Crippen molar-refractivity contribution >= 4 is 5.65 Å². The zero-order chi connectivity index (χ0) is 13.9. The van der Waals surface area contributed by atoms with Crippen LogP contribution in [-0.4, -0.2) is 26.6 Å². The molecule has 1 aromatic carbocycles. The molecule has 20 heavy (non-hydrogen) atoms. The number of fused-ring (bicyclic) bond motifs is 1. The number of hydrogen-bond acceptors (Lipinski definition) is 5. The number of aromatic nitrogens is 4. The third-order valence-electron chi connectivity index (χ3n) is 2.81. The lowest BCUT2D eigenvalue weighted by atomic mass is 10.2. The summed E-state index contributed by atoms with van der Waals surface area (Å²) in [6.07, 6.45) is 1.38. The lowest BCUT2D eigenvalue weighted by Crippen LogP contribution is -2.09. The number of H-pyrrole nitrogens is 1. The van der Waals surface area contributed by atoms with Crippen LogP contribution >= 0.6 is 0 Å². The van der Waals surface area contributed by atoms with Crippen LogP contribution in [0.3, 0.4) is 0 Å². The van der Waals surface area contributed by atoms with Crippen LogP contribution in [-0.2, 0) is 6.54 Å². The van der Waals surface area contributed by atoms with E-state index in [1.165, 1.54) is 16.3 Å². The maximum absolute atomic E-state index is 11.3. The Kier molecular flexibility index (Phi) is 3.18. The van der Waals surface area contributed by atoms with Gasteiger partial charge in [0.15, 0.2) is 5.65 Å². The minimum Gasteiger partial charge on any atom is -0.439 e. The van der Waals surface area contributed by atoms with Crippen LogP contribution in [0.5, 0.6) is 11.6 Å². The van der Waals surface area contributed by atoms with Crippen molar-refractivity contribution < 1.29 is 4.74 Å². The maximum atomic E-state index is 11.3. The molecular formula is C13H13N5O2. The fourth-order valence-electron chi connectivity index (χ4n) is 1.85. The zero-order valence-electron chi connectivity index (χ0n) is 10.8. The monoisotopic (exact) mass is 271 g/mol. The fourth-order valence-corrected chi connectivity index (χ4v) is 1.85. The topological polar surface area (TPSA) is 84.3 Å². The highest BCUT2D eigenvalue weighted by atomic mass is 16.5. The molecule has 0 aliphatic carbocycles. The van der Waals surface area contributed by atoms with Crippen molar-refractivity contribution in [3.8, 4) is 11.6 Å². The molecule has 102 valence electrons. The number of rotatable bonds is 4. The van der Waals surface area contributed by atoms with Crippen molar-refractivity contribution in [3.05, 3.63) is 52.7 Å². The summed E-state index contributed by atoms with van der Waals surface area (Å²) >= 11 is 0. The van der Waals surface area contributed by atoms with Gasteiger partial charge in [0, 0.05) is 12.6 Å². The Bertz CT molecular complexity index is 775. The van der Waals surface area contributed by atoms with Gasteiger partial charge in [-0.3, -0.25) is 0 Å². The molecule has 7 heteroatoms. The Morgan fingerprint density at radius 1 is 1.35 bits per heavy atom. The van der Waals surface area contributed by atoms with Crippen molar-refractivity contribution in [1.29, 1.82) is 0 Å². The van der Waals surface area contributed by atoms with E-state index in [1.54, 1.807) is 6.07 Å². The van der Waals surface area contributed by atoms with Gasteiger partial charge in [-0.15, -0.1) is 0 Å². The number of nitrogens with zero attached hydrogens (tertiary/aromatic N) is 3. The van der Waals surface area contributed by atoms with E-state index in [2.05, 4.69) is 20.5 Å². The van der Waals surface area contributed by atoms with Gasteiger partial charge >= 0.3 is 5.69 Å². The first-order valence-electron chi connectivity index (χ1n) is 6.10. The quantitative estimate of drug-likeness (QED) is 0.737. The van der Waals surface area contributed by atoms with Crippen molar-refractivity contribution in [2.24, 2.45) is 0 Å². The summed E-state index contributed by atoms with van der Waals surface area (Å²) in [5.41, 5.74) is 1.31. The molecule has 2 aromatic heterocycles. The average Bonchev–Trinajstić information content (AvgIpc) is 2.83. The van der Waals surface area contributed by atoms with E-state index in [4.69, 9.17) is 4.74 Å². The second kappa shape index (κ2) is 5.14. The van der Waals surface area contributed by atoms with Crippen LogP contribution in [0, 0.1) is 0 Å². The van der Waals surface area contributed by atoms with E-state index in [0.29, 0.717) is 17.3 Å². The predicted molar refractivity (Wildman–Crippen MR) is 72.9 cm³/mol. The Balaban J connectivity index is 1.83. The van der Waals surface area contributed by atoms with Crippen LogP contribution in [0.1, 0.15) is 5.56 Å². The van der Waals surface area contributed by atoms with E-state index in [0.717, 1.165) is 6.54 Å². The largest absolute Gasteiger partial charge is 0.439 e. The Hall–Kier alpha value is -2.67. The van der Waals surface area contributed by atoms with Crippen LogP contribution in [0.4, 0.5) is 0 Å². The molecule has 0 saturated carbocycles. The minimum absolute atomic E-state index is 0.324. The third kappa shape index (κ3) is 2.39. The molecule has 2 heterocycles. The molecule has 7 nitrogen and oxygen atoms in total. The number of aromatic amines is 1. The summed E-state index contributed by atoms with van der Waals surface area (Å²) in [5.74, 6) is 1.07. The van der Waals surface area contributed by atoms with Gasteiger partial charge in [0.2, 0.25) is 5.88 Å². The van der Waals surface area contributed by atoms with Crippen LogP contribution in [0.25, 0.3) is 5.65 Å². The first-order valence-corrected chi connectivity index (χ1v) is 6.10. The molecule has 0 atom stereocenters. The SMILES string of the molecule is CNCc1ccc(Oc2cc3n[nH]c(=O)n3cn2)cc1. The minimum atomic E-state index is -0.324. The smallest absolute Gasteiger partial charge is 0.348 e. The summed E-state index contributed by atoms with van der Waals surface area (Å²) in [5, 5.41) is 9.28. The normalized spacial score (nSPS) is 10.8. The standard InChI is InChI=1S/C13H13N5O2/c1-14-7-9-2-4-10(5-3-9)20-12-6-11-16-17-13(19)18(11)8-15-12/h2-6,8,14H,7H2,1H3,(H,17,19). The second-order valence-corrected chi connectivity index (χ2v) is 4.26. The molecule has 0 spiro atoms. The van der Waals surface area contributed by atoms with E-state index in [-0.39, 0.29) is 5.69 Å². The van der Waals surface area contributed by atoms with E-state index in [9.17, 15) is 4.79 Å². The van der Waals surface area contributed by atoms with Gasteiger partial charge in [0.05, 0.1) is 0 Å².